The lowest BCUT2D eigenvalue weighted by Crippen LogP contribution is -2.24. The van der Waals surface area contributed by atoms with Crippen LogP contribution in [0.5, 0.6) is 0 Å². The summed E-state index contributed by atoms with van der Waals surface area (Å²) in [6.07, 6.45) is 4.28. The molecule has 0 aliphatic rings. The van der Waals surface area contributed by atoms with Gasteiger partial charge in [0.15, 0.2) is 5.78 Å². The van der Waals surface area contributed by atoms with E-state index in [0.717, 1.165) is 11.3 Å². The molecule has 0 N–H and O–H groups in total. The van der Waals surface area contributed by atoms with E-state index < -0.39 is 5.60 Å². The van der Waals surface area contributed by atoms with Gasteiger partial charge in [-0.2, -0.15) is 5.10 Å². The van der Waals surface area contributed by atoms with Crippen molar-refractivity contribution in [2.75, 3.05) is 0 Å². The first-order valence-electron chi connectivity index (χ1n) is 7.62. The molecule has 0 bridgehead atoms. The van der Waals surface area contributed by atoms with Gasteiger partial charge in [-0.05, 0) is 57.9 Å². The average Bonchev–Trinajstić information content (AvgIpc) is 2.97. The van der Waals surface area contributed by atoms with Gasteiger partial charge in [0.25, 0.3) is 0 Å². The molecule has 0 fully saturated rings. The maximum absolute atomic E-state index is 11.9. The average molecular weight is 314 g/mol. The quantitative estimate of drug-likeness (QED) is 0.627. The first-order valence-corrected chi connectivity index (χ1v) is 7.62. The fourth-order valence-electron chi connectivity index (χ4n) is 2.27. The van der Waals surface area contributed by atoms with Gasteiger partial charge in [0.1, 0.15) is 5.60 Å². The van der Waals surface area contributed by atoms with Gasteiger partial charge in [-0.3, -0.25) is 9.59 Å². The van der Waals surface area contributed by atoms with E-state index >= 15 is 0 Å². The van der Waals surface area contributed by atoms with Crippen LogP contribution >= 0.6 is 0 Å². The molecule has 23 heavy (non-hydrogen) atoms. The maximum Gasteiger partial charge on any atom is 0.306 e. The number of ketones is 1. The highest BCUT2D eigenvalue weighted by atomic mass is 16.6. The zero-order valence-corrected chi connectivity index (χ0v) is 14.0. The summed E-state index contributed by atoms with van der Waals surface area (Å²) in [7, 11) is 0. The van der Waals surface area contributed by atoms with Crippen LogP contribution in [-0.4, -0.2) is 27.1 Å². The second kappa shape index (κ2) is 6.77. The normalized spacial score (nSPS) is 11.3. The first-order chi connectivity index (χ1) is 10.8. The molecule has 122 valence electrons. The Bertz CT molecular complexity index is 698. The van der Waals surface area contributed by atoms with Crippen LogP contribution in [0.1, 0.15) is 50.0 Å². The van der Waals surface area contributed by atoms with Gasteiger partial charge in [-0.1, -0.05) is 6.07 Å². The third-order valence-corrected chi connectivity index (χ3v) is 3.23. The number of hydrogen-bond acceptors (Lipinski definition) is 4. The number of carbonyl (C=O) groups is 2. The van der Waals surface area contributed by atoms with Crippen molar-refractivity contribution in [2.24, 2.45) is 0 Å². The topological polar surface area (TPSA) is 61.2 Å². The third kappa shape index (κ3) is 4.77. The Kier molecular flexibility index (Phi) is 4.98. The fourth-order valence-corrected chi connectivity index (χ4v) is 2.27. The molecule has 0 amide bonds. The first kappa shape index (κ1) is 16.9. The SMILES string of the molecule is CC(=O)c1cc(CCC(=O)OC(C)(C)C)ccc1-n1cccn1. The predicted octanol–water partition coefficient (Wildman–Crippen LogP) is 3.35. The Morgan fingerprint density at radius 2 is 2.00 bits per heavy atom. The Hall–Kier alpha value is -2.43. The number of benzene rings is 1. The second-order valence-corrected chi connectivity index (χ2v) is 6.44. The number of aromatic nitrogens is 2. The molecule has 0 aliphatic carbocycles. The number of hydrogen-bond donors (Lipinski definition) is 0. The molecule has 1 aromatic heterocycles. The lowest BCUT2D eigenvalue weighted by molar-refractivity contribution is -0.154. The van der Waals surface area contributed by atoms with Crippen molar-refractivity contribution >= 4 is 11.8 Å². The van der Waals surface area contributed by atoms with E-state index in [2.05, 4.69) is 5.10 Å². The van der Waals surface area contributed by atoms with E-state index in [1.807, 2.05) is 39.0 Å². The summed E-state index contributed by atoms with van der Waals surface area (Å²) in [6.45, 7) is 7.06. The Morgan fingerprint density at radius 3 is 2.57 bits per heavy atom. The van der Waals surface area contributed by atoms with Crippen LogP contribution in [-0.2, 0) is 16.0 Å². The number of carbonyl (C=O) groups excluding carboxylic acids is 2. The summed E-state index contributed by atoms with van der Waals surface area (Å²) in [5, 5.41) is 4.16. The van der Waals surface area contributed by atoms with Crippen LogP contribution in [0.25, 0.3) is 5.69 Å². The lowest BCUT2D eigenvalue weighted by Gasteiger charge is -2.19. The number of nitrogens with zero attached hydrogens (tertiary/aromatic N) is 2. The summed E-state index contributed by atoms with van der Waals surface area (Å²) in [4.78, 5) is 23.7. The maximum atomic E-state index is 11.9. The zero-order chi connectivity index (χ0) is 17.0. The summed E-state index contributed by atoms with van der Waals surface area (Å²) in [5.41, 5.74) is 1.78. The Labute approximate surface area is 136 Å². The van der Waals surface area contributed by atoms with Gasteiger partial charge in [-0.25, -0.2) is 4.68 Å². The van der Waals surface area contributed by atoms with E-state index in [-0.39, 0.29) is 18.2 Å². The van der Waals surface area contributed by atoms with Gasteiger partial charge in [0, 0.05) is 24.4 Å². The van der Waals surface area contributed by atoms with Crippen molar-refractivity contribution in [2.45, 2.75) is 46.1 Å². The fraction of sp³-hybridized carbons (Fsp3) is 0.389. The summed E-state index contributed by atoms with van der Waals surface area (Å²) < 4.78 is 6.96. The molecule has 2 aromatic rings. The third-order valence-electron chi connectivity index (χ3n) is 3.23. The van der Waals surface area contributed by atoms with Crippen molar-refractivity contribution in [3.8, 4) is 5.69 Å². The van der Waals surface area contributed by atoms with E-state index in [1.165, 1.54) is 6.92 Å². The van der Waals surface area contributed by atoms with Crippen molar-refractivity contribution in [3.05, 3.63) is 47.8 Å². The molecule has 0 atom stereocenters. The molecule has 2 rings (SSSR count). The van der Waals surface area contributed by atoms with E-state index in [4.69, 9.17) is 4.74 Å². The van der Waals surface area contributed by atoms with Gasteiger partial charge >= 0.3 is 5.97 Å². The highest BCUT2D eigenvalue weighted by molar-refractivity contribution is 5.97. The number of ether oxygens (including phenoxy) is 1. The summed E-state index contributed by atoms with van der Waals surface area (Å²) >= 11 is 0. The predicted molar refractivity (Wildman–Crippen MR) is 87.7 cm³/mol. The number of esters is 1. The van der Waals surface area contributed by atoms with Crippen molar-refractivity contribution in [1.82, 2.24) is 9.78 Å². The van der Waals surface area contributed by atoms with Crippen LogP contribution in [0, 0.1) is 0 Å². The molecule has 0 saturated carbocycles. The van der Waals surface area contributed by atoms with Gasteiger partial charge in [-0.15, -0.1) is 0 Å². The molecule has 0 spiro atoms. The minimum absolute atomic E-state index is 0.0328. The summed E-state index contributed by atoms with van der Waals surface area (Å²) in [5.74, 6) is -0.271. The molecular weight excluding hydrogens is 292 g/mol. The van der Waals surface area contributed by atoms with E-state index in [0.29, 0.717) is 12.0 Å². The van der Waals surface area contributed by atoms with Crippen LogP contribution in [0.2, 0.25) is 0 Å². The number of rotatable bonds is 5. The molecule has 5 heteroatoms. The molecular formula is C18H22N2O3. The molecule has 0 radical (unpaired) electrons. The van der Waals surface area contributed by atoms with Gasteiger partial charge in [0.05, 0.1) is 5.69 Å². The molecule has 0 unspecified atom stereocenters. The minimum atomic E-state index is -0.481. The molecule has 5 nitrogen and oxygen atoms in total. The molecule has 1 aromatic carbocycles. The lowest BCUT2D eigenvalue weighted by atomic mass is 10.0. The van der Waals surface area contributed by atoms with E-state index in [1.54, 1.807) is 23.1 Å². The number of aryl methyl sites for hydroxylation is 1. The number of Topliss-reactive ketones (excluding diaryl/α,β-unsaturated/α-hetero) is 1. The van der Waals surface area contributed by atoms with E-state index in [9.17, 15) is 9.59 Å². The highest BCUT2D eigenvalue weighted by Crippen LogP contribution is 2.18. The van der Waals surface area contributed by atoms with Crippen LogP contribution in [0.15, 0.2) is 36.7 Å². The molecule has 1 heterocycles. The smallest absolute Gasteiger partial charge is 0.306 e. The van der Waals surface area contributed by atoms with Gasteiger partial charge in [0.2, 0.25) is 0 Å². The minimum Gasteiger partial charge on any atom is -0.460 e. The van der Waals surface area contributed by atoms with Crippen LogP contribution in [0.3, 0.4) is 0 Å². The molecule has 0 saturated heterocycles. The largest absolute Gasteiger partial charge is 0.460 e. The van der Waals surface area contributed by atoms with Crippen molar-refractivity contribution in [3.63, 3.8) is 0 Å². The second-order valence-electron chi connectivity index (χ2n) is 6.44. The standard InChI is InChI=1S/C18H22N2O3/c1-13(21)15-12-14(7-9-17(22)23-18(2,3)4)6-8-16(15)20-11-5-10-19-20/h5-6,8,10-12H,7,9H2,1-4H3. The van der Waals surface area contributed by atoms with Gasteiger partial charge < -0.3 is 4.74 Å². The van der Waals surface area contributed by atoms with Crippen LogP contribution < -0.4 is 0 Å². The monoisotopic (exact) mass is 314 g/mol. The summed E-state index contributed by atoms with van der Waals surface area (Å²) in [6, 6.07) is 7.39. The highest BCUT2D eigenvalue weighted by Gasteiger charge is 2.16. The Balaban J connectivity index is 2.14. The van der Waals surface area contributed by atoms with Crippen LogP contribution in [0.4, 0.5) is 0 Å². The van der Waals surface area contributed by atoms with Crippen molar-refractivity contribution in [1.29, 1.82) is 0 Å². The molecule has 0 aliphatic heterocycles. The Morgan fingerprint density at radius 1 is 1.26 bits per heavy atom. The van der Waals surface area contributed by atoms with Crippen molar-refractivity contribution < 1.29 is 14.3 Å². The zero-order valence-electron chi connectivity index (χ0n) is 14.0.